The van der Waals surface area contributed by atoms with E-state index in [1.54, 1.807) is 16.8 Å². The summed E-state index contributed by atoms with van der Waals surface area (Å²) in [4.78, 5) is 11.3. The van der Waals surface area contributed by atoms with Crippen LogP contribution in [0.4, 0.5) is 0 Å². The van der Waals surface area contributed by atoms with Crippen molar-refractivity contribution in [3.63, 3.8) is 0 Å². The molecule has 3 rings (SSSR count). The summed E-state index contributed by atoms with van der Waals surface area (Å²) in [6.07, 6.45) is 2.73. The molecular formula is C17H12Cl2N2O. The quantitative estimate of drug-likeness (QED) is 0.642. The molecule has 0 saturated carbocycles. The molecule has 0 fully saturated rings. The molecule has 3 aromatic rings. The summed E-state index contributed by atoms with van der Waals surface area (Å²) in [5.41, 5.74) is 3.86. The van der Waals surface area contributed by atoms with Gasteiger partial charge >= 0.3 is 0 Å². The first kappa shape index (κ1) is 14.8. The average molecular weight is 331 g/mol. The summed E-state index contributed by atoms with van der Waals surface area (Å²) < 4.78 is 1.71. The van der Waals surface area contributed by atoms with Crippen LogP contribution in [0.3, 0.4) is 0 Å². The summed E-state index contributed by atoms with van der Waals surface area (Å²) in [6.45, 7) is 0. The van der Waals surface area contributed by atoms with E-state index in [0.29, 0.717) is 15.6 Å². The Balaban J connectivity index is 2.24. The second-order valence-corrected chi connectivity index (χ2v) is 5.80. The molecule has 0 bridgehead atoms. The van der Waals surface area contributed by atoms with Gasteiger partial charge in [0.2, 0.25) is 0 Å². The van der Waals surface area contributed by atoms with Crippen molar-refractivity contribution in [2.24, 2.45) is 7.05 Å². The predicted molar refractivity (Wildman–Crippen MR) is 89.5 cm³/mol. The molecule has 0 saturated heterocycles. The molecule has 0 radical (unpaired) electrons. The van der Waals surface area contributed by atoms with Crippen molar-refractivity contribution >= 4 is 29.5 Å². The van der Waals surface area contributed by atoms with Crippen LogP contribution in [0, 0.1) is 0 Å². The summed E-state index contributed by atoms with van der Waals surface area (Å²) in [6, 6.07) is 12.7. The molecule has 110 valence electrons. The first-order valence-corrected chi connectivity index (χ1v) is 7.39. The molecule has 0 aliphatic heterocycles. The molecular weight excluding hydrogens is 319 g/mol. The number of aryl methyl sites for hydroxylation is 1. The number of benzene rings is 2. The average Bonchev–Trinajstić information content (AvgIpc) is 2.88. The minimum atomic E-state index is 0.544. The Morgan fingerprint density at radius 3 is 2.41 bits per heavy atom. The minimum Gasteiger partial charge on any atom is -0.298 e. The predicted octanol–water partition coefficient (Wildman–Crippen LogP) is 4.87. The zero-order valence-corrected chi connectivity index (χ0v) is 13.3. The fraction of sp³-hybridized carbons (Fsp3) is 0.0588. The maximum atomic E-state index is 11.3. The number of rotatable bonds is 3. The van der Waals surface area contributed by atoms with Gasteiger partial charge in [-0.2, -0.15) is 5.10 Å². The van der Waals surface area contributed by atoms with Gasteiger partial charge < -0.3 is 0 Å². The third-order valence-electron chi connectivity index (χ3n) is 3.34. The van der Waals surface area contributed by atoms with Crippen LogP contribution in [-0.4, -0.2) is 16.1 Å². The minimum absolute atomic E-state index is 0.544. The Bertz CT molecular complexity index is 835. The van der Waals surface area contributed by atoms with Gasteiger partial charge in [0.25, 0.3) is 0 Å². The topological polar surface area (TPSA) is 34.9 Å². The lowest BCUT2D eigenvalue weighted by molar-refractivity contribution is 0.112. The standard InChI is InChI=1S/C17H12Cl2N2O/c1-21-9-16(15-5-3-2-4-11(15)10-22)17(20-21)12-6-13(18)8-14(19)7-12/h2-10H,1H3. The van der Waals surface area contributed by atoms with Crippen LogP contribution in [0.15, 0.2) is 48.7 Å². The monoisotopic (exact) mass is 330 g/mol. The molecule has 0 N–H and O–H groups in total. The van der Waals surface area contributed by atoms with E-state index in [0.717, 1.165) is 28.7 Å². The Labute approximate surface area is 138 Å². The largest absolute Gasteiger partial charge is 0.298 e. The van der Waals surface area contributed by atoms with Crippen LogP contribution in [0.2, 0.25) is 10.0 Å². The number of hydrogen-bond donors (Lipinski definition) is 0. The van der Waals surface area contributed by atoms with Crippen LogP contribution in [0.1, 0.15) is 10.4 Å². The van der Waals surface area contributed by atoms with Gasteiger partial charge in [-0.25, -0.2) is 0 Å². The van der Waals surface area contributed by atoms with Gasteiger partial charge in [-0.3, -0.25) is 9.48 Å². The van der Waals surface area contributed by atoms with Crippen molar-refractivity contribution in [3.05, 3.63) is 64.3 Å². The Hall–Kier alpha value is -2.10. The lowest BCUT2D eigenvalue weighted by Crippen LogP contribution is -1.89. The summed E-state index contributed by atoms with van der Waals surface area (Å²) in [7, 11) is 1.84. The number of aldehydes is 1. The maximum absolute atomic E-state index is 11.3. The highest BCUT2D eigenvalue weighted by molar-refractivity contribution is 6.35. The van der Waals surface area contributed by atoms with E-state index >= 15 is 0 Å². The summed E-state index contributed by atoms with van der Waals surface area (Å²) in [5, 5.41) is 5.59. The van der Waals surface area contributed by atoms with Crippen LogP contribution in [0.25, 0.3) is 22.4 Å². The van der Waals surface area contributed by atoms with E-state index in [1.165, 1.54) is 0 Å². The molecule has 3 nitrogen and oxygen atoms in total. The third-order valence-corrected chi connectivity index (χ3v) is 3.78. The molecule has 22 heavy (non-hydrogen) atoms. The molecule has 1 aromatic heterocycles. The van der Waals surface area contributed by atoms with E-state index in [-0.39, 0.29) is 0 Å². The number of carbonyl (C=O) groups is 1. The number of hydrogen-bond acceptors (Lipinski definition) is 2. The van der Waals surface area contributed by atoms with E-state index < -0.39 is 0 Å². The SMILES string of the molecule is Cn1cc(-c2ccccc2C=O)c(-c2cc(Cl)cc(Cl)c2)n1. The van der Waals surface area contributed by atoms with E-state index in [2.05, 4.69) is 5.10 Å². The Kier molecular flexibility index (Phi) is 4.01. The van der Waals surface area contributed by atoms with Gasteiger partial charge in [-0.1, -0.05) is 47.5 Å². The van der Waals surface area contributed by atoms with Gasteiger partial charge in [-0.05, 0) is 23.8 Å². The van der Waals surface area contributed by atoms with Crippen molar-refractivity contribution < 1.29 is 4.79 Å². The van der Waals surface area contributed by atoms with E-state index in [1.807, 2.05) is 43.6 Å². The third kappa shape index (κ3) is 2.78. The number of halogens is 2. The zero-order valence-electron chi connectivity index (χ0n) is 11.8. The second-order valence-electron chi connectivity index (χ2n) is 4.93. The fourth-order valence-corrected chi connectivity index (χ4v) is 2.96. The fourth-order valence-electron chi connectivity index (χ4n) is 2.43. The first-order chi connectivity index (χ1) is 10.6. The highest BCUT2D eigenvalue weighted by atomic mass is 35.5. The molecule has 0 atom stereocenters. The number of carbonyl (C=O) groups excluding carboxylic acids is 1. The van der Waals surface area contributed by atoms with E-state index in [4.69, 9.17) is 23.2 Å². The lowest BCUT2D eigenvalue weighted by atomic mass is 9.98. The van der Waals surface area contributed by atoms with Crippen molar-refractivity contribution in [1.82, 2.24) is 9.78 Å². The van der Waals surface area contributed by atoms with Crippen molar-refractivity contribution in [1.29, 1.82) is 0 Å². The number of aromatic nitrogens is 2. The highest BCUT2D eigenvalue weighted by Crippen LogP contribution is 2.34. The second kappa shape index (κ2) is 5.95. The Morgan fingerprint density at radius 2 is 1.73 bits per heavy atom. The molecule has 0 aliphatic rings. The highest BCUT2D eigenvalue weighted by Gasteiger charge is 2.15. The van der Waals surface area contributed by atoms with Gasteiger partial charge in [0.15, 0.2) is 6.29 Å². The van der Waals surface area contributed by atoms with Crippen molar-refractivity contribution in [2.45, 2.75) is 0 Å². The number of nitrogens with zero attached hydrogens (tertiary/aromatic N) is 2. The zero-order chi connectivity index (χ0) is 15.7. The van der Waals surface area contributed by atoms with E-state index in [9.17, 15) is 4.79 Å². The van der Waals surface area contributed by atoms with Gasteiger partial charge in [0.1, 0.15) is 5.69 Å². The molecule has 0 amide bonds. The van der Waals surface area contributed by atoms with Crippen LogP contribution < -0.4 is 0 Å². The van der Waals surface area contributed by atoms with Crippen molar-refractivity contribution in [3.8, 4) is 22.4 Å². The molecule has 0 unspecified atom stereocenters. The van der Waals surface area contributed by atoms with Crippen molar-refractivity contribution in [2.75, 3.05) is 0 Å². The lowest BCUT2D eigenvalue weighted by Gasteiger charge is -2.06. The summed E-state index contributed by atoms with van der Waals surface area (Å²) >= 11 is 12.2. The molecule has 0 spiro atoms. The molecule has 2 aromatic carbocycles. The van der Waals surface area contributed by atoms with Gasteiger partial charge in [0.05, 0.1) is 0 Å². The Morgan fingerprint density at radius 1 is 1.05 bits per heavy atom. The maximum Gasteiger partial charge on any atom is 0.150 e. The first-order valence-electron chi connectivity index (χ1n) is 6.63. The van der Waals surface area contributed by atoms with Crippen LogP contribution in [-0.2, 0) is 7.05 Å². The van der Waals surface area contributed by atoms with Crippen LogP contribution in [0.5, 0.6) is 0 Å². The molecule has 0 aliphatic carbocycles. The van der Waals surface area contributed by atoms with Crippen LogP contribution >= 0.6 is 23.2 Å². The molecule has 5 heteroatoms. The smallest absolute Gasteiger partial charge is 0.150 e. The summed E-state index contributed by atoms with van der Waals surface area (Å²) in [5.74, 6) is 0. The van der Waals surface area contributed by atoms with Gasteiger partial charge in [0, 0.05) is 40.0 Å². The van der Waals surface area contributed by atoms with Gasteiger partial charge in [-0.15, -0.1) is 0 Å². The normalized spacial score (nSPS) is 10.7. The molecule has 1 heterocycles.